The summed E-state index contributed by atoms with van der Waals surface area (Å²) in [6.07, 6.45) is 3.60. The number of aromatic nitrogens is 2. The Bertz CT molecular complexity index is 1410. The molecule has 0 unspecified atom stereocenters. The highest BCUT2D eigenvalue weighted by Gasteiger charge is 2.27. The maximum Gasteiger partial charge on any atom is 0.338 e. The predicted octanol–water partition coefficient (Wildman–Crippen LogP) is 4.68. The van der Waals surface area contributed by atoms with Gasteiger partial charge in [0.15, 0.2) is 0 Å². The summed E-state index contributed by atoms with van der Waals surface area (Å²) in [7, 11) is -3.53. The zero-order valence-corrected chi connectivity index (χ0v) is 19.9. The number of nitrogens with zero attached hydrogens (tertiary/aromatic N) is 3. The van der Waals surface area contributed by atoms with Crippen LogP contribution in [0.5, 0.6) is 0 Å². The van der Waals surface area contributed by atoms with Crippen molar-refractivity contribution in [3.8, 4) is 16.9 Å². The first-order valence-electron chi connectivity index (χ1n) is 11.5. The van der Waals surface area contributed by atoms with Crippen LogP contribution >= 0.6 is 0 Å². The van der Waals surface area contributed by atoms with E-state index in [1.165, 1.54) is 28.6 Å². The quantitative estimate of drug-likeness (QED) is 0.354. The van der Waals surface area contributed by atoms with Gasteiger partial charge >= 0.3 is 5.97 Å². The highest BCUT2D eigenvalue weighted by molar-refractivity contribution is 7.89. The van der Waals surface area contributed by atoms with Crippen molar-refractivity contribution in [3.63, 3.8) is 0 Å². The molecule has 1 saturated heterocycles. The Morgan fingerprint density at radius 1 is 0.857 bits per heavy atom. The fourth-order valence-electron chi connectivity index (χ4n) is 4.13. The summed E-state index contributed by atoms with van der Waals surface area (Å²) in [6.45, 7) is 1.10. The van der Waals surface area contributed by atoms with Crippen molar-refractivity contribution < 1.29 is 17.9 Å². The van der Waals surface area contributed by atoms with Gasteiger partial charge in [0.1, 0.15) is 6.61 Å². The molecular formula is C27H25N3O4S. The van der Waals surface area contributed by atoms with Crippen molar-refractivity contribution in [1.82, 2.24) is 14.1 Å². The normalized spacial score (nSPS) is 14.2. The van der Waals surface area contributed by atoms with Gasteiger partial charge in [0.05, 0.1) is 21.8 Å². The van der Waals surface area contributed by atoms with Crippen LogP contribution in [0.2, 0.25) is 0 Å². The van der Waals surface area contributed by atoms with Crippen molar-refractivity contribution >= 4 is 16.0 Å². The number of benzene rings is 3. The van der Waals surface area contributed by atoms with Crippen LogP contribution in [0.15, 0.2) is 96.0 Å². The monoisotopic (exact) mass is 487 g/mol. The first-order chi connectivity index (χ1) is 17.0. The summed E-state index contributed by atoms with van der Waals surface area (Å²) in [6, 6.07) is 25.4. The molecule has 0 aliphatic carbocycles. The Labute approximate surface area is 204 Å². The number of hydrogen-bond acceptors (Lipinski definition) is 5. The average molecular weight is 488 g/mol. The van der Waals surface area contributed by atoms with Crippen molar-refractivity contribution in [2.24, 2.45) is 0 Å². The third kappa shape index (κ3) is 4.89. The zero-order chi connectivity index (χ0) is 24.3. The lowest BCUT2D eigenvalue weighted by Crippen LogP contribution is -2.27. The summed E-state index contributed by atoms with van der Waals surface area (Å²) < 4.78 is 34.3. The number of hydrogen-bond donors (Lipinski definition) is 0. The largest absolute Gasteiger partial charge is 0.457 e. The van der Waals surface area contributed by atoms with Gasteiger partial charge in [-0.15, -0.1) is 0 Å². The second kappa shape index (κ2) is 9.85. The molecular weight excluding hydrogens is 462 g/mol. The number of rotatable bonds is 7. The lowest BCUT2D eigenvalue weighted by molar-refractivity contribution is 0.0473. The standard InChI is InChI=1S/C27H25N3O4S/c31-27(22-13-15-25(16-14-22)35(32,33)29-17-7-8-18-29)34-20-23-19-30(24-11-5-2-6-12-24)28-26(23)21-9-3-1-4-10-21/h1-6,9-16,19H,7-8,17-18,20H2. The van der Waals surface area contributed by atoms with Crippen molar-refractivity contribution in [3.05, 3.63) is 102 Å². The molecule has 0 atom stereocenters. The number of carbonyl (C=O) groups excluding carboxylic acids is 1. The van der Waals surface area contributed by atoms with Crippen LogP contribution in [0.3, 0.4) is 0 Å². The lowest BCUT2D eigenvalue weighted by atomic mass is 10.1. The highest BCUT2D eigenvalue weighted by Crippen LogP contribution is 2.25. The fourth-order valence-corrected chi connectivity index (χ4v) is 5.65. The smallest absolute Gasteiger partial charge is 0.338 e. The van der Waals surface area contributed by atoms with Gasteiger partial charge in [0, 0.05) is 30.4 Å². The zero-order valence-electron chi connectivity index (χ0n) is 19.1. The molecule has 1 aromatic heterocycles. The molecule has 0 N–H and O–H groups in total. The Morgan fingerprint density at radius 3 is 2.14 bits per heavy atom. The number of sulfonamides is 1. The average Bonchev–Trinajstić information content (AvgIpc) is 3.60. The lowest BCUT2D eigenvalue weighted by Gasteiger charge is -2.15. The predicted molar refractivity (Wildman–Crippen MR) is 133 cm³/mol. The number of para-hydroxylation sites is 1. The van der Waals surface area contributed by atoms with Crippen LogP contribution < -0.4 is 0 Å². The third-order valence-corrected chi connectivity index (χ3v) is 7.92. The Hall–Kier alpha value is -3.75. The van der Waals surface area contributed by atoms with E-state index >= 15 is 0 Å². The molecule has 8 heteroatoms. The molecule has 0 bridgehead atoms. The number of ether oxygens (including phenoxy) is 1. The van der Waals surface area contributed by atoms with Crippen LogP contribution in [0.1, 0.15) is 28.8 Å². The van der Waals surface area contributed by atoms with E-state index in [9.17, 15) is 13.2 Å². The van der Waals surface area contributed by atoms with Crippen LogP contribution in [-0.4, -0.2) is 41.6 Å². The minimum atomic E-state index is -3.53. The minimum Gasteiger partial charge on any atom is -0.457 e. The SMILES string of the molecule is O=C(OCc1cn(-c2ccccc2)nc1-c1ccccc1)c1ccc(S(=O)(=O)N2CCCC2)cc1. The Kier molecular flexibility index (Phi) is 6.48. The van der Waals surface area contributed by atoms with E-state index in [1.54, 1.807) is 4.68 Å². The molecule has 1 fully saturated rings. The highest BCUT2D eigenvalue weighted by atomic mass is 32.2. The van der Waals surface area contributed by atoms with E-state index in [0.29, 0.717) is 18.7 Å². The summed E-state index contributed by atoms with van der Waals surface area (Å²) in [5.74, 6) is -0.526. The van der Waals surface area contributed by atoms with E-state index in [4.69, 9.17) is 9.84 Å². The molecule has 3 aromatic carbocycles. The summed E-state index contributed by atoms with van der Waals surface area (Å²) in [4.78, 5) is 12.9. The number of carbonyl (C=O) groups is 1. The molecule has 1 aliphatic rings. The van der Waals surface area contributed by atoms with Crippen molar-refractivity contribution in [1.29, 1.82) is 0 Å². The van der Waals surface area contributed by atoms with Crippen LogP contribution in [-0.2, 0) is 21.4 Å². The van der Waals surface area contributed by atoms with Crippen molar-refractivity contribution in [2.45, 2.75) is 24.3 Å². The van der Waals surface area contributed by atoms with Gasteiger partial charge in [-0.05, 0) is 49.2 Å². The molecule has 5 rings (SSSR count). The molecule has 35 heavy (non-hydrogen) atoms. The van der Waals surface area contributed by atoms with Crippen LogP contribution in [0.4, 0.5) is 0 Å². The first kappa shape index (κ1) is 23.0. The van der Waals surface area contributed by atoms with E-state index < -0.39 is 16.0 Å². The molecule has 0 radical (unpaired) electrons. The van der Waals surface area contributed by atoms with E-state index in [2.05, 4.69) is 0 Å². The van der Waals surface area contributed by atoms with Gasteiger partial charge in [0.2, 0.25) is 10.0 Å². The summed E-state index contributed by atoms with van der Waals surface area (Å²) >= 11 is 0. The molecule has 0 amide bonds. The first-order valence-corrected chi connectivity index (χ1v) is 12.9. The second-order valence-corrected chi connectivity index (χ2v) is 10.3. The molecule has 178 valence electrons. The molecule has 4 aromatic rings. The van der Waals surface area contributed by atoms with Gasteiger partial charge in [0.25, 0.3) is 0 Å². The fraction of sp³-hybridized carbons (Fsp3) is 0.185. The van der Waals surface area contributed by atoms with Gasteiger partial charge in [-0.25, -0.2) is 17.9 Å². The van der Waals surface area contributed by atoms with Gasteiger partial charge in [-0.2, -0.15) is 9.40 Å². The van der Waals surface area contributed by atoms with Crippen LogP contribution in [0, 0.1) is 0 Å². The molecule has 0 saturated carbocycles. The summed E-state index contributed by atoms with van der Waals surface area (Å²) in [5.41, 5.74) is 3.61. The minimum absolute atomic E-state index is 0.0315. The second-order valence-electron chi connectivity index (χ2n) is 8.36. The Balaban J connectivity index is 1.34. The van der Waals surface area contributed by atoms with Gasteiger partial charge in [-0.3, -0.25) is 0 Å². The molecule has 2 heterocycles. The van der Waals surface area contributed by atoms with Gasteiger partial charge < -0.3 is 4.74 Å². The topological polar surface area (TPSA) is 81.5 Å². The summed E-state index contributed by atoms with van der Waals surface area (Å²) in [5, 5.41) is 4.73. The molecule has 0 spiro atoms. The maximum absolute atomic E-state index is 12.8. The van der Waals surface area contributed by atoms with E-state index in [-0.39, 0.29) is 11.5 Å². The third-order valence-electron chi connectivity index (χ3n) is 6.01. The Morgan fingerprint density at radius 2 is 1.49 bits per heavy atom. The van der Waals surface area contributed by atoms with E-state index in [1.807, 2.05) is 66.9 Å². The van der Waals surface area contributed by atoms with E-state index in [0.717, 1.165) is 35.3 Å². The number of esters is 1. The van der Waals surface area contributed by atoms with Gasteiger partial charge in [-0.1, -0.05) is 48.5 Å². The molecule has 7 nitrogen and oxygen atoms in total. The van der Waals surface area contributed by atoms with Crippen molar-refractivity contribution in [2.75, 3.05) is 13.1 Å². The molecule has 1 aliphatic heterocycles. The van der Waals surface area contributed by atoms with Crippen LogP contribution in [0.25, 0.3) is 16.9 Å². The maximum atomic E-state index is 12.8.